The predicted molar refractivity (Wildman–Crippen MR) is 92.9 cm³/mol. The van der Waals surface area contributed by atoms with Crippen LogP contribution in [0.2, 0.25) is 0 Å². The van der Waals surface area contributed by atoms with Crippen LogP contribution in [0.4, 0.5) is 0 Å². The van der Waals surface area contributed by atoms with Gasteiger partial charge in [-0.05, 0) is 25.7 Å². The van der Waals surface area contributed by atoms with E-state index in [2.05, 4.69) is 0 Å². The summed E-state index contributed by atoms with van der Waals surface area (Å²) < 4.78 is 5.40. The lowest BCUT2D eigenvalue weighted by Crippen LogP contribution is -2.41. The maximum absolute atomic E-state index is 11.9. The molecule has 0 aliphatic carbocycles. The molecule has 2 unspecified atom stereocenters. The number of amides is 2. The Kier molecular flexibility index (Phi) is 8.64. The first-order valence-corrected chi connectivity index (χ1v) is 9.55. The third-order valence-corrected chi connectivity index (χ3v) is 4.83. The van der Waals surface area contributed by atoms with E-state index < -0.39 is 12.2 Å². The molecule has 7 heteroatoms. The van der Waals surface area contributed by atoms with E-state index in [9.17, 15) is 19.8 Å². The summed E-state index contributed by atoms with van der Waals surface area (Å²) in [4.78, 5) is 27.2. The molecule has 2 heterocycles. The lowest BCUT2D eigenvalue weighted by atomic mass is 10.2. The molecule has 144 valence electrons. The normalized spacial score (nSPS) is 22.5. The van der Waals surface area contributed by atoms with Crippen molar-refractivity contribution in [1.82, 2.24) is 9.80 Å². The third kappa shape index (κ3) is 7.30. The number of hydrogen-bond acceptors (Lipinski definition) is 5. The van der Waals surface area contributed by atoms with Crippen LogP contribution in [0.25, 0.3) is 0 Å². The smallest absolute Gasteiger partial charge is 0.222 e. The molecule has 0 saturated carbocycles. The van der Waals surface area contributed by atoms with Crippen LogP contribution in [0.15, 0.2) is 0 Å². The Morgan fingerprint density at radius 3 is 1.64 bits per heavy atom. The molecule has 2 amide bonds. The minimum absolute atomic E-state index is 0.0782. The van der Waals surface area contributed by atoms with Gasteiger partial charge in [0.1, 0.15) is 0 Å². The zero-order valence-electron chi connectivity index (χ0n) is 15.1. The Labute approximate surface area is 149 Å². The van der Waals surface area contributed by atoms with Crippen molar-refractivity contribution in [3.63, 3.8) is 0 Å². The fourth-order valence-corrected chi connectivity index (χ4v) is 3.42. The summed E-state index contributed by atoms with van der Waals surface area (Å²) in [6.45, 7) is 2.09. The number of carbonyl (C=O) groups excluding carboxylic acids is 2. The van der Waals surface area contributed by atoms with Gasteiger partial charge >= 0.3 is 0 Å². The van der Waals surface area contributed by atoms with E-state index in [0.29, 0.717) is 25.9 Å². The first-order valence-electron chi connectivity index (χ1n) is 9.55. The summed E-state index contributed by atoms with van der Waals surface area (Å²) in [6.07, 6.45) is 5.48. The average molecular weight is 356 g/mol. The molecule has 2 atom stereocenters. The number of aliphatic hydroxyl groups excluding tert-OH is 2. The molecule has 25 heavy (non-hydrogen) atoms. The second-order valence-corrected chi connectivity index (χ2v) is 7.15. The van der Waals surface area contributed by atoms with Crippen molar-refractivity contribution < 1.29 is 24.5 Å². The van der Waals surface area contributed by atoms with E-state index in [1.54, 1.807) is 9.80 Å². The van der Waals surface area contributed by atoms with Crippen molar-refractivity contribution in [2.24, 2.45) is 0 Å². The van der Waals surface area contributed by atoms with Gasteiger partial charge in [-0.1, -0.05) is 12.8 Å². The highest BCUT2D eigenvalue weighted by Gasteiger charge is 2.21. The lowest BCUT2D eigenvalue weighted by molar-refractivity contribution is -0.133. The zero-order valence-corrected chi connectivity index (χ0v) is 15.1. The van der Waals surface area contributed by atoms with Crippen molar-refractivity contribution in [1.29, 1.82) is 0 Å². The number of hydrogen-bond donors (Lipinski definition) is 2. The first-order chi connectivity index (χ1) is 12.1. The molecular formula is C18H32N2O5. The van der Waals surface area contributed by atoms with Gasteiger partial charge in [0.15, 0.2) is 0 Å². The molecule has 7 nitrogen and oxygen atoms in total. The highest BCUT2D eigenvalue weighted by Crippen LogP contribution is 2.13. The number of rotatable bonds is 8. The summed E-state index contributed by atoms with van der Waals surface area (Å²) in [6, 6.07) is 0. The third-order valence-electron chi connectivity index (χ3n) is 4.83. The predicted octanol–water partition coefficient (Wildman–Crippen LogP) is 0.530. The van der Waals surface area contributed by atoms with Gasteiger partial charge in [-0.15, -0.1) is 0 Å². The molecule has 0 radical (unpaired) electrons. The minimum atomic E-state index is -0.755. The average Bonchev–Trinajstić information content (AvgIpc) is 2.89. The Hall–Kier alpha value is -1.18. The van der Waals surface area contributed by atoms with Gasteiger partial charge in [0.25, 0.3) is 0 Å². The Morgan fingerprint density at radius 2 is 1.20 bits per heavy atom. The molecule has 2 aliphatic rings. The molecule has 0 aromatic carbocycles. The molecule has 2 N–H and O–H groups in total. The van der Waals surface area contributed by atoms with Crippen LogP contribution in [-0.4, -0.2) is 83.4 Å². The van der Waals surface area contributed by atoms with Crippen molar-refractivity contribution in [3.05, 3.63) is 0 Å². The van der Waals surface area contributed by atoms with Crippen molar-refractivity contribution in [2.45, 2.75) is 63.6 Å². The molecule has 2 saturated heterocycles. The maximum Gasteiger partial charge on any atom is 0.222 e. The van der Waals surface area contributed by atoms with Gasteiger partial charge in [0, 0.05) is 39.0 Å². The summed E-state index contributed by atoms with van der Waals surface area (Å²) in [5, 5.41) is 20.1. The number of ether oxygens (including phenoxy) is 1. The van der Waals surface area contributed by atoms with Crippen molar-refractivity contribution >= 4 is 11.8 Å². The highest BCUT2D eigenvalue weighted by atomic mass is 16.5. The van der Waals surface area contributed by atoms with Gasteiger partial charge in [0.05, 0.1) is 25.4 Å². The van der Waals surface area contributed by atoms with E-state index in [1.165, 1.54) is 0 Å². The number of nitrogens with zero attached hydrogens (tertiary/aromatic N) is 2. The van der Waals surface area contributed by atoms with Crippen LogP contribution in [0.5, 0.6) is 0 Å². The maximum atomic E-state index is 11.9. The Bertz CT molecular complexity index is 394. The van der Waals surface area contributed by atoms with Crippen LogP contribution in [0.3, 0.4) is 0 Å². The van der Waals surface area contributed by atoms with Crippen LogP contribution in [0, 0.1) is 0 Å². The molecular weight excluding hydrogens is 324 g/mol. The zero-order chi connectivity index (χ0) is 18.1. The van der Waals surface area contributed by atoms with Gasteiger partial charge < -0.3 is 24.7 Å². The van der Waals surface area contributed by atoms with E-state index in [1.807, 2.05) is 0 Å². The van der Waals surface area contributed by atoms with E-state index in [-0.39, 0.29) is 38.1 Å². The van der Waals surface area contributed by atoms with Crippen molar-refractivity contribution in [3.8, 4) is 0 Å². The van der Waals surface area contributed by atoms with E-state index in [0.717, 1.165) is 38.5 Å². The summed E-state index contributed by atoms with van der Waals surface area (Å²) >= 11 is 0. The SMILES string of the molecule is O=C1CCCCCN1CC(O)COCC(O)CN1CCCCCC1=O. The number of β-amino-alcohol motifs (C(OH)–C–C–N with tert-alkyl or cyclic N) is 2. The molecule has 0 bridgehead atoms. The fourth-order valence-electron chi connectivity index (χ4n) is 3.42. The molecule has 2 rings (SSSR count). The van der Waals surface area contributed by atoms with Crippen LogP contribution in [-0.2, 0) is 14.3 Å². The largest absolute Gasteiger partial charge is 0.389 e. The van der Waals surface area contributed by atoms with Gasteiger partial charge in [-0.25, -0.2) is 0 Å². The second kappa shape index (κ2) is 10.7. The van der Waals surface area contributed by atoms with Gasteiger partial charge in [0.2, 0.25) is 11.8 Å². The molecule has 0 aromatic rings. The lowest BCUT2D eigenvalue weighted by Gasteiger charge is -2.25. The van der Waals surface area contributed by atoms with E-state index in [4.69, 9.17) is 4.74 Å². The van der Waals surface area contributed by atoms with Crippen LogP contribution in [0.1, 0.15) is 51.4 Å². The summed E-state index contributed by atoms with van der Waals surface area (Å²) in [5.41, 5.74) is 0. The summed E-state index contributed by atoms with van der Waals surface area (Å²) in [7, 11) is 0. The minimum Gasteiger partial charge on any atom is -0.389 e. The van der Waals surface area contributed by atoms with Crippen LogP contribution >= 0.6 is 0 Å². The Morgan fingerprint density at radius 1 is 0.760 bits per heavy atom. The number of likely N-dealkylation sites (tertiary alicyclic amines) is 2. The second-order valence-electron chi connectivity index (χ2n) is 7.15. The quantitative estimate of drug-likeness (QED) is 0.662. The topological polar surface area (TPSA) is 90.3 Å². The molecule has 2 aliphatic heterocycles. The number of carbonyl (C=O) groups is 2. The van der Waals surface area contributed by atoms with Gasteiger partial charge in [-0.2, -0.15) is 0 Å². The molecule has 0 aromatic heterocycles. The summed E-state index contributed by atoms with van der Waals surface area (Å²) in [5.74, 6) is 0.188. The standard InChI is InChI=1S/C18H32N2O5/c21-15(11-19-9-5-1-3-7-17(19)23)13-25-14-16(22)12-20-10-6-2-4-8-18(20)24/h15-16,21-22H,1-14H2. The van der Waals surface area contributed by atoms with E-state index >= 15 is 0 Å². The molecule has 0 spiro atoms. The van der Waals surface area contributed by atoms with Crippen molar-refractivity contribution in [2.75, 3.05) is 39.4 Å². The monoisotopic (exact) mass is 356 g/mol. The Balaban J connectivity index is 1.63. The van der Waals surface area contributed by atoms with Gasteiger partial charge in [-0.3, -0.25) is 9.59 Å². The number of aliphatic hydroxyl groups is 2. The fraction of sp³-hybridized carbons (Fsp3) is 0.889. The van der Waals surface area contributed by atoms with Crippen LogP contribution < -0.4 is 0 Å². The highest BCUT2D eigenvalue weighted by molar-refractivity contribution is 5.76. The molecule has 2 fully saturated rings. The first kappa shape index (κ1) is 20.1.